The fraction of sp³-hybridized carbons (Fsp3) is 0.400. The number of hydrogen-bond donors (Lipinski definition) is 2. The molecule has 1 amide bonds. The molecule has 21 heavy (non-hydrogen) atoms. The molecule has 0 fully saturated rings. The van der Waals surface area contributed by atoms with Crippen molar-refractivity contribution in [1.82, 2.24) is 15.0 Å². The minimum atomic E-state index is -0.421. The van der Waals surface area contributed by atoms with E-state index in [1.54, 1.807) is 12.1 Å². The Morgan fingerprint density at radius 2 is 2.10 bits per heavy atom. The van der Waals surface area contributed by atoms with E-state index in [1.165, 1.54) is 0 Å². The fourth-order valence-corrected chi connectivity index (χ4v) is 1.99. The number of primary amides is 1. The Kier molecular flexibility index (Phi) is 3.97. The van der Waals surface area contributed by atoms with E-state index < -0.39 is 5.91 Å². The van der Waals surface area contributed by atoms with Crippen LogP contribution in [-0.2, 0) is 12.1 Å². The van der Waals surface area contributed by atoms with Gasteiger partial charge in [-0.2, -0.15) is 0 Å². The molecule has 6 nitrogen and oxygen atoms in total. The van der Waals surface area contributed by atoms with Crippen LogP contribution in [0.5, 0.6) is 0 Å². The minimum absolute atomic E-state index is 0.0902. The topological polar surface area (TPSA) is 85.8 Å². The molecule has 2 aromatic rings. The maximum atomic E-state index is 11.3. The van der Waals surface area contributed by atoms with Crippen molar-refractivity contribution in [2.75, 3.05) is 5.32 Å². The molecule has 0 aliphatic rings. The van der Waals surface area contributed by atoms with Crippen LogP contribution < -0.4 is 11.1 Å². The summed E-state index contributed by atoms with van der Waals surface area (Å²) in [6.45, 7) is 8.62. The van der Waals surface area contributed by atoms with Gasteiger partial charge in [0.2, 0.25) is 5.91 Å². The van der Waals surface area contributed by atoms with Crippen LogP contribution >= 0.6 is 0 Å². The van der Waals surface area contributed by atoms with Gasteiger partial charge in [0.25, 0.3) is 0 Å². The first-order chi connectivity index (χ1) is 9.79. The van der Waals surface area contributed by atoms with Crippen LogP contribution in [0.1, 0.15) is 42.4 Å². The van der Waals surface area contributed by atoms with Crippen molar-refractivity contribution in [1.29, 1.82) is 0 Å². The maximum Gasteiger partial charge on any atom is 0.249 e. The first kappa shape index (κ1) is 15.0. The average Bonchev–Trinajstić information content (AvgIpc) is 2.86. The number of nitrogens with one attached hydrogen (secondary N) is 1. The van der Waals surface area contributed by atoms with Gasteiger partial charge < -0.3 is 11.1 Å². The monoisotopic (exact) mass is 287 g/mol. The number of hydrogen-bond acceptors (Lipinski definition) is 4. The van der Waals surface area contributed by atoms with Crippen LogP contribution in [-0.4, -0.2) is 20.9 Å². The molecule has 0 aliphatic heterocycles. The average molecular weight is 287 g/mol. The Hall–Kier alpha value is -2.37. The van der Waals surface area contributed by atoms with Crippen molar-refractivity contribution < 1.29 is 4.79 Å². The Balaban J connectivity index is 2.12. The summed E-state index contributed by atoms with van der Waals surface area (Å²) in [5.74, 6) is -0.421. The molecular formula is C15H21N5O. The summed E-state index contributed by atoms with van der Waals surface area (Å²) in [7, 11) is 0. The third kappa shape index (κ3) is 3.39. The molecule has 0 atom stereocenters. The van der Waals surface area contributed by atoms with E-state index in [0.717, 1.165) is 16.9 Å². The summed E-state index contributed by atoms with van der Waals surface area (Å²) in [4.78, 5) is 11.3. The molecule has 1 aromatic heterocycles. The van der Waals surface area contributed by atoms with Gasteiger partial charge in [0.05, 0.1) is 18.3 Å². The lowest BCUT2D eigenvalue weighted by molar-refractivity contribution is 0.1000. The van der Waals surface area contributed by atoms with Gasteiger partial charge in [0.15, 0.2) is 0 Å². The highest BCUT2D eigenvalue weighted by molar-refractivity contribution is 5.95. The van der Waals surface area contributed by atoms with E-state index in [0.29, 0.717) is 12.1 Å². The van der Waals surface area contributed by atoms with Gasteiger partial charge in [-0.15, -0.1) is 5.10 Å². The lowest BCUT2D eigenvalue weighted by Gasteiger charge is -2.17. The summed E-state index contributed by atoms with van der Waals surface area (Å²) in [6, 6.07) is 5.44. The number of carbonyl (C=O) groups is 1. The van der Waals surface area contributed by atoms with E-state index in [9.17, 15) is 4.79 Å². The highest BCUT2D eigenvalue weighted by atomic mass is 16.1. The Bertz CT molecular complexity index is 654. The van der Waals surface area contributed by atoms with E-state index in [4.69, 9.17) is 5.73 Å². The van der Waals surface area contributed by atoms with Gasteiger partial charge >= 0.3 is 0 Å². The number of amides is 1. The Morgan fingerprint density at radius 3 is 2.67 bits per heavy atom. The summed E-state index contributed by atoms with van der Waals surface area (Å²) < 4.78 is 1.83. The molecule has 112 valence electrons. The molecule has 3 N–H and O–H groups in total. The van der Waals surface area contributed by atoms with Gasteiger partial charge in [-0.25, -0.2) is 4.68 Å². The van der Waals surface area contributed by atoms with Crippen molar-refractivity contribution in [2.24, 2.45) is 5.73 Å². The van der Waals surface area contributed by atoms with Crippen LogP contribution in [0.15, 0.2) is 24.4 Å². The number of aromatic nitrogens is 3. The molecule has 2 rings (SSSR count). The molecular weight excluding hydrogens is 266 g/mol. The first-order valence-electron chi connectivity index (χ1n) is 6.84. The normalized spacial score (nSPS) is 11.4. The van der Waals surface area contributed by atoms with Gasteiger partial charge in [-0.3, -0.25) is 4.79 Å². The Labute approximate surface area is 124 Å². The molecule has 0 unspecified atom stereocenters. The molecule has 0 bridgehead atoms. The zero-order valence-corrected chi connectivity index (χ0v) is 12.8. The molecule has 0 spiro atoms. The Morgan fingerprint density at radius 1 is 1.38 bits per heavy atom. The maximum absolute atomic E-state index is 11.3. The van der Waals surface area contributed by atoms with Crippen LogP contribution in [0.2, 0.25) is 0 Å². The number of benzene rings is 1. The predicted molar refractivity (Wildman–Crippen MR) is 82.0 cm³/mol. The fourth-order valence-electron chi connectivity index (χ4n) is 1.99. The molecule has 0 saturated carbocycles. The number of carbonyl (C=O) groups excluding carboxylic acids is 1. The molecule has 1 aromatic carbocycles. The van der Waals surface area contributed by atoms with Gasteiger partial charge in [0, 0.05) is 11.3 Å². The third-order valence-corrected chi connectivity index (χ3v) is 3.29. The molecule has 6 heteroatoms. The SMILES string of the molecule is Cc1c(NCc2cn(C(C)(C)C)nn2)cccc1C(N)=O. The zero-order valence-electron chi connectivity index (χ0n) is 12.8. The van der Waals surface area contributed by atoms with Crippen molar-refractivity contribution in [3.8, 4) is 0 Å². The van der Waals surface area contributed by atoms with Gasteiger partial charge in [0.1, 0.15) is 5.69 Å². The standard InChI is InChI=1S/C15H21N5O/c1-10-12(14(16)21)6-5-7-13(10)17-8-11-9-20(19-18-11)15(2,3)4/h5-7,9,17H,8H2,1-4H3,(H2,16,21). The lowest BCUT2D eigenvalue weighted by atomic mass is 10.1. The largest absolute Gasteiger partial charge is 0.379 e. The highest BCUT2D eigenvalue weighted by Gasteiger charge is 2.15. The van der Waals surface area contributed by atoms with Gasteiger partial charge in [-0.1, -0.05) is 11.3 Å². The quantitative estimate of drug-likeness (QED) is 0.901. The van der Waals surface area contributed by atoms with Crippen LogP contribution in [0.3, 0.4) is 0 Å². The summed E-state index contributed by atoms with van der Waals surface area (Å²) in [5.41, 5.74) is 8.34. The van der Waals surface area contributed by atoms with Crippen molar-refractivity contribution in [3.63, 3.8) is 0 Å². The first-order valence-corrected chi connectivity index (χ1v) is 6.84. The predicted octanol–water partition coefficient (Wildman–Crippen LogP) is 2.05. The van der Waals surface area contributed by atoms with E-state index in [1.807, 2.05) is 23.9 Å². The van der Waals surface area contributed by atoms with Crippen molar-refractivity contribution in [2.45, 2.75) is 39.8 Å². The third-order valence-electron chi connectivity index (χ3n) is 3.29. The van der Waals surface area contributed by atoms with Crippen LogP contribution in [0.25, 0.3) is 0 Å². The second kappa shape index (κ2) is 5.55. The molecule has 0 radical (unpaired) electrons. The molecule has 0 aliphatic carbocycles. The number of nitrogens with two attached hydrogens (primary N) is 1. The van der Waals surface area contributed by atoms with E-state index in [-0.39, 0.29) is 5.54 Å². The van der Waals surface area contributed by atoms with Crippen LogP contribution in [0.4, 0.5) is 5.69 Å². The molecule has 0 saturated heterocycles. The van der Waals surface area contributed by atoms with Gasteiger partial charge in [-0.05, 0) is 45.4 Å². The number of nitrogens with zero attached hydrogens (tertiary/aromatic N) is 3. The summed E-state index contributed by atoms with van der Waals surface area (Å²) >= 11 is 0. The highest BCUT2D eigenvalue weighted by Crippen LogP contribution is 2.19. The summed E-state index contributed by atoms with van der Waals surface area (Å²) in [5, 5.41) is 11.5. The molecule has 1 heterocycles. The van der Waals surface area contributed by atoms with Crippen molar-refractivity contribution >= 4 is 11.6 Å². The summed E-state index contributed by atoms with van der Waals surface area (Å²) in [6.07, 6.45) is 1.92. The van der Waals surface area contributed by atoms with E-state index >= 15 is 0 Å². The van der Waals surface area contributed by atoms with Crippen molar-refractivity contribution in [3.05, 3.63) is 41.2 Å². The zero-order chi connectivity index (χ0) is 15.6. The second-order valence-corrected chi connectivity index (χ2v) is 6.02. The van der Waals surface area contributed by atoms with Crippen LogP contribution in [0, 0.1) is 6.92 Å². The second-order valence-electron chi connectivity index (χ2n) is 6.02. The lowest BCUT2D eigenvalue weighted by Crippen LogP contribution is -2.22. The smallest absolute Gasteiger partial charge is 0.249 e. The van der Waals surface area contributed by atoms with E-state index in [2.05, 4.69) is 36.4 Å². The minimum Gasteiger partial charge on any atom is -0.379 e. The number of anilines is 1. The number of rotatable bonds is 4.